The normalized spacial score (nSPS) is 10.3. The van der Waals surface area contributed by atoms with Crippen molar-refractivity contribution < 1.29 is 9.18 Å². The largest absolute Gasteiger partial charge is 0.323 e. The molecule has 1 aromatic carbocycles. The number of carbonyl (C=O) groups excluding carboxylic acids is 1. The Balaban J connectivity index is 1.96. The Morgan fingerprint density at radius 1 is 1.45 bits per heavy atom. The van der Waals surface area contributed by atoms with Gasteiger partial charge < -0.3 is 10.3 Å². The molecule has 0 saturated carbocycles. The second-order valence-corrected chi connectivity index (χ2v) is 5.02. The number of aryl methyl sites for hydroxylation is 1. The van der Waals surface area contributed by atoms with Gasteiger partial charge in [0.25, 0.3) is 5.56 Å². The molecule has 0 saturated heterocycles. The molecule has 0 fully saturated rings. The number of rotatable bonds is 4. The van der Waals surface area contributed by atoms with E-state index in [4.69, 9.17) is 0 Å². The van der Waals surface area contributed by atoms with E-state index in [1.165, 1.54) is 18.3 Å². The van der Waals surface area contributed by atoms with E-state index in [9.17, 15) is 14.0 Å². The van der Waals surface area contributed by atoms with Crippen LogP contribution < -0.4 is 10.9 Å². The van der Waals surface area contributed by atoms with Crippen LogP contribution >= 0.6 is 11.8 Å². The third-order valence-electron chi connectivity index (χ3n) is 2.38. The van der Waals surface area contributed by atoms with Crippen LogP contribution in [0.25, 0.3) is 0 Å². The first-order valence-electron chi connectivity index (χ1n) is 5.79. The SMILES string of the molecule is Cc1ccc(F)c(NC(=O)CSc2nccc(=O)[nH]2)c1. The molecule has 0 atom stereocenters. The molecule has 104 valence electrons. The predicted molar refractivity (Wildman–Crippen MR) is 75.3 cm³/mol. The minimum atomic E-state index is -0.486. The zero-order chi connectivity index (χ0) is 14.5. The van der Waals surface area contributed by atoms with E-state index in [1.807, 2.05) is 6.92 Å². The van der Waals surface area contributed by atoms with Gasteiger partial charge in [-0.3, -0.25) is 9.59 Å². The van der Waals surface area contributed by atoms with E-state index in [0.29, 0.717) is 5.16 Å². The molecule has 0 aliphatic carbocycles. The van der Waals surface area contributed by atoms with Gasteiger partial charge in [-0.2, -0.15) is 0 Å². The summed E-state index contributed by atoms with van der Waals surface area (Å²) in [6.07, 6.45) is 1.36. The zero-order valence-corrected chi connectivity index (χ0v) is 11.5. The maximum absolute atomic E-state index is 13.5. The Kier molecular flexibility index (Phi) is 4.52. The topological polar surface area (TPSA) is 74.8 Å². The summed E-state index contributed by atoms with van der Waals surface area (Å²) in [5, 5.41) is 2.83. The number of nitrogens with zero attached hydrogens (tertiary/aromatic N) is 1. The molecule has 1 amide bonds. The molecule has 0 radical (unpaired) electrons. The van der Waals surface area contributed by atoms with Gasteiger partial charge in [-0.15, -0.1) is 0 Å². The summed E-state index contributed by atoms with van der Waals surface area (Å²) in [4.78, 5) is 29.2. The summed E-state index contributed by atoms with van der Waals surface area (Å²) in [6, 6.07) is 5.76. The number of benzene rings is 1. The minimum Gasteiger partial charge on any atom is -0.323 e. The standard InChI is InChI=1S/C13H12FN3O2S/c1-8-2-3-9(14)10(6-8)16-12(19)7-20-13-15-5-4-11(18)17-13/h2-6H,7H2,1H3,(H,16,19)(H,15,17,18). The zero-order valence-electron chi connectivity index (χ0n) is 10.6. The molecule has 0 aliphatic rings. The average Bonchev–Trinajstić information content (AvgIpc) is 2.41. The molecular formula is C13H12FN3O2S. The maximum atomic E-state index is 13.5. The molecule has 2 N–H and O–H groups in total. The number of amides is 1. The second kappa shape index (κ2) is 6.33. The molecule has 5 nitrogen and oxygen atoms in total. The Morgan fingerprint density at radius 2 is 2.25 bits per heavy atom. The van der Waals surface area contributed by atoms with Gasteiger partial charge in [0, 0.05) is 12.3 Å². The van der Waals surface area contributed by atoms with E-state index >= 15 is 0 Å². The highest BCUT2D eigenvalue weighted by Crippen LogP contribution is 2.17. The number of H-pyrrole nitrogens is 1. The van der Waals surface area contributed by atoms with Gasteiger partial charge in [0.05, 0.1) is 11.4 Å². The fraction of sp³-hybridized carbons (Fsp3) is 0.154. The number of thioether (sulfide) groups is 1. The highest BCUT2D eigenvalue weighted by molar-refractivity contribution is 7.99. The van der Waals surface area contributed by atoms with Gasteiger partial charge in [0.1, 0.15) is 5.82 Å². The Labute approximate surface area is 118 Å². The van der Waals surface area contributed by atoms with E-state index in [1.54, 1.807) is 12.1 Å². The molecule has 1 heterocycles. The smallest absolute Gasteiger partial charge is 0.251 e. The summed E-state index contributed by atoms with van der Waals surface area (Å²) in [7, 11) is 0. The Morgan fingerprint density at radius 3 is 3.00 bits per heavy atom. The van der Waals surface area contributed by atoms with Crippen LogP contribution in [0.3, 0.4) is 0 Å². The Hall–Kier alpha value is -2.15. The lowest BCUT2D eigenvalue weighted by molar-refractivity contribution is -0.113. The lowest BCUT2D eigenvalue weighted by Crippen LogP contribution is -2.16. The van der Waals surface area contributed by atoms with E-state index in [-0.39, 0.29) is 22.9 Å². The number of hydrogen-bond donors (Lipinski definition) is 2. The average molecular weight is 293 g/mol. The highest BCUT2D eigenvalue weighted by Gasteiger charge is 2.08. The van der Waals surface area contributed by atoms with Crippen molar-refractivity contribution in [3.05, 3.63) is 52.2 Å². The van der Waals surface area contributed by atoms with Gasteiger partial charge in [0.15, 0.2) is 5.16 Å². The van der Waals surface area contributed by atoms with E-state index in [0.717, 1.165) is 17.3 Å². The summed E-state index contributed by atoms with van der Waals surface area (Å²) < 4.78 is 13.5. The quantitative estimate of drug-likeness (QED) is 0.667. The molecule has 7 heteroatoms. The number of halogens is 1. The molecule has 0 aliphatic heterocycles. The van der Waals surface area contributed by atoms with Crippen LogP contribution in [-0.2, 0) is 4.79 Å². The lowest BCUT2D eigenvalue weighted by atomic mass is 10.2. The molecule has 0 bridgehead atoms. The monoisotopic (exact) mass is 293 g/mol. The van der Waals surface area contributed by atoms with Crippen LogP contribution in [0, 0.1) is 12.7 Å². The number of nitrogens with one attached hydrogen (secondary N) is 2. The summed E-state index contributed by atoms with van der Waals surface area (Å²) in [5.41, 5.74) is 0.709. The predicted octanol–water partition coefficient (Wildman–Crippen LogP) is 1.95. The van der Waals surface area contributed by atoms with Crippen molar-refractivity contribution in [2.24, 2.45) is 0 Å². The van der Waals surface area contributed by atoms with Crippen molar-refractivity contribution in [3.8, 4) is 0 Å². The summed E-state index contributed by atoms with van der Waals surface area (Å²) >= 11 is 1.07. The number of hydrogen-bond acceptors (Lipinski definition) is 4. The van der Waals surface area contributed by atoms with Crippen LogP contribution in [0.5, 0.6) is 0 Å². The number of anilines is 1. The minimum absolute atomic E-state index is 0.0281. The third-order valence-corrected chi connectivity index (χ3v) is 3.27. The fourth-order valence-electron chi connectivity index (χ4n) is 1.48. The van der Waals surface area contributed by atoms with Crippen molar-refractivity contribution in [2.45, 2.75) is 12.1 Å². The van der Waals surface area contributed by atoms with Crippen LogP contribution in [0.2, 0.25) is 0 Å². The highest BCUT2D eigenvalue weighted by atomic mass is 32.2. The van der Waals surface area contributed by atoms with Gasteiger partial charge in [-0.05, 0) is 24.6 Å². The molecule has 0 unspecified atom stereocenters. The molecule has 0 spiro atoms. The maximum Gasteiger partial charge on any atom is 0.251 e. The summed E-state index contributed by atoms with van der Waals surface area (Å²) in [6.45, 7) is 1.81. The van der Waals surface area contributed by atoms with Gasteiger partial charge in [-0.1, -0.05) is 17.8 Å². The van der Waals surface area contributed by atoms with Crippen LogP contribution in [0.1, 0.15) is 5.56 Å². The van der Waals surface area contributed by atoms with Crippen molar-refractivity contribution in [3.63, 3.8) is 0 Å². The number of carbonyl (C=O) groups is 1. The molecule has 2 aromatic rings. The first kappa shape index (κ1) is 14.3. The van der Waals surface area contributed by atoms with E-state index in [2.05, 4.69) is 15.3 Å². The lowest BCUT2D eigenvalue weighted by Gasteiger charge is -2.06. The molecule has 2 rings (SSSR count). The van der Waals surface area contributed by atoms with Crippen molar-refractivity contribution >= 4 is 23.4 Å². The molecular weight excluding hydrogens is 281 g/mol. The molecule has 1 aromatic heterocycles. The van der Waals surface area contributed by atoms with Crippen molar-refractivity contribution in [1.82, 2.24) is 9.97 Å². The Bertz CT molecular complexity index is 687. The fourth-order valence-corrected chi connectivity index (χ4v) is 2.13. The summed E-state index contributed by atoms with van der Waals surface area (Å²) in [5.74, 6) is -0.827. The van der Waals surface area contributed by atoms with Gasteiger partial charge in [-0.25, -0.2) is 9.37 Å². The second-order valence-electron chi connectivity index (χ2n) is 4.06. The number of aromatic amines is 1. The molecule has 20 heavy (non-hydrogen) atoms. The van der Waals surface area contributed by atoms with Crippen LogP contribution in [-0.4, -0.2) is 21.6 Å². The first-order chi connectivity index (χ1) is 9.54. The van der Waals surface area contributed by atoms with Gasteiger partial charge in [0.2, 0.25) is 5.91 Å². The first-order valence-corrected chi connectivity index (χ1v) is 6.77. The van der Waals surface area contributed by atoms with Crippen molar-refractivity contribution in [2.75, 3.05) is 11.1 Å². The van der Waals surface area contributed by atoms with Gasteiger partial charge >= 0.3 is 0 Å². The third kappa shape index (κ3) is 3.92. The van der Waals surface area contributed by atoms with Crippen molar-refractivity contribution in [1.29, 1.82) is 0 Å². The van der Waals surface area contributed by atoms with Crippen LogP contribution in [0.15, 0.2) is 40.4 Å². The van der Waals surface area contributed by atoms with Crippen LogP contribution in [0.4, 0.5) is 10.1 Å². The number of aromatic nitrogens is 2. The van der Waals surface area contributed by atoms with E-state index < -0.39 is 5.82 Å².